The number of benzene rings is 1. The molecular formula is C15H8F3N3. The van der Waals surface area contributed by atoms with E-state index in [2.05, 4.69) is 4.98 Å². The minimum atomic E-state index is -0.968. The summed E-state index contributed by atoms with van der Waals surface area (Å²) in [5.41, 5.74) is 1.03. The van der Waals surface area contributed by atoms with Gasteiger partial charge in [-0.2, -0.15) is 9.65 Å². The van der Waals surface area contributed by atoms with E-state index in [-0.39, 0.29) is 11.4 Å². The van der Waals surface area contributed by atoms with Crippen molar-refractivity contribution in [3.63, 3.8) is 0 Å². The zero-order chi connectivity index (χ0) is 15.1. The second-order valence-electron chi connectivity index (χ2n) is 4.61. The predicted molar refractivity (Wildman–Crippen MR) is 70.4 cm³/mol. The summed E-state index contributed by atoms with van der Waals surface area (Å²) in [4.78, 5) is 3.61. The van der Waals surface area contributed by atoms with Crippen molar-refractivity contribution in [2.24, 2.45) is 0 Å². The molecule has 1 aromatic carbocycles. The van der Waals surface area contributed by atoms with Gasteiger partial charge in [0.25, 0.3) is 0 Å². The molecule has 0 aliphatic rings. The number of fused-ring (bicyclic) bond motifs is 1. The van der Waals surface area contributed by atoms with Gasteiger partial charge in [0.2, 0.25) is 5.95 Å². The van der Waals surface area contributed by atoms with Crippen molar-refractivity contribution in [1.82, 2.24) is 9.55 Å². The average molecular weight is 287 g/mol. The number of halogens is 3. The third-order valence-corrected chi connectivity index (χ3v) is 3.20. The van der Waals surface area contributed by atoms with Crippen LogP contribution in [-0.2, 0) is 0 Å². The standard InChI is InChI=1S/C15H8F3N3/c1-8-2-13-11(5-12(8)17)9(6-19)7-21(13)15-4-10(16)3-14(18)20-15/h2-5,7H,1H3. The fourth-order valence-electron chi connectivity index (χ4n) is 2.20. The second kappa shape index (κ2) is 4.63. The van der Waals surface area contributed by atoms with E-state index in [0.717, 1.165) is 6.07 Å². The van der Waals surface area contributed by atoms with Crippen LogP contribution in [0, 0.1) is 35.8 Å². The molecule has 0 spiro atoms. The van der Waals surface area contributed by atoms with Crippen molar-refractivity contribution >= 4 is 10.9 Å². The van der Waals surface area contributed by atoms with E-state index in [4.69, 9.17) is 5.26 Å². The monoisotopic (exact) mass is 287 g/mol. The summed E-state index contributed by atoms with van der Waals surface area (Å²) in [6.45, 7) is 1.57. The number of aromatic nitrogens is 2. The summed E-state index contributed by atoms with van der Waals surface area (Å²) < 4.78 is 41.6. The molecular weight excluding hydrogens is 279 g/mol. The van der Waals surface area contributed by atoms with Crippen LogP contribution in [0.25, 0.3) is 16.7 Å². The van der Waals surface area contributed by atoms with Crippen LogP contribution in [0.2, 0.25) is 0 Å². The first-order chi connectivity index (χ1) is 9.99. The first-order valence-corrected chi connectivity index (χ1v) is 6.04. The zero-order valence-corrected chi connectivity index (χ0v) is 10.9. The molecule has 0 N–H and O–H groups in total. The van der Waals surface area contributed by atoms with Crippen molar-refractivity contribution in [3.05, 3.63) is 59.2 Å². The van der Waals surface area contributed by atoms with Gasteiger partial charge in [-0.05, 0) is 24.6 Å². The summed E-state index contributed by atoms with van der Waals surface area (Å²) in [6.07, 6.45) is 1.38. The van der Waals surface area contributed by atoms with Gasteiger partial charge in [0.1, 0.15) is 23.5 Å². The minimum Gasteiger partial charge on any atom is -0.300 e. The van der Waals surface area contributed by atoms with Crippen LogP contribution in [0.5, 0.6) is 0 Å². The van der Waals surface area contributed by atoms with Crippen molar-refractivity contribution < 1.29 is 13.2 Å². The number of hydrogen-bond donors (Lipinski definition) is 0. The summed E-state index contributed by atoms with van der Waals surface area (Å²) in [5, 5.41) is 9.48. The molecule has 0 atom stereocenters. The average Bonchev–Trinajstić information content (AvgIpc) is 2.76. The zero-order valence-electron chi connectivity index (χ0n) is 10.9. The Labute approximate surface area is 117 Å². The highest BCUT2D eigenvalue weighted by Crippen LogP contribution is 2.26. The SMILES string of the molecule is Cc1cc2c(cc1F)c(C#N)cn2-c1cc(F)cc(F)n1. The maximum absolute atomic E-state index is 13.7. The van der Waals surface area contributed by atoms with Gasteiger partial charge in [-0.15, -0.1) is 0 Å². The highest BCUT2D eigenvalue weighted by molar-refractivity contribution is 5.88. The van der Waals surface area contributed by atoms with Gasteiger partial charge in [-0.3, -0.25) is 4.57 Å². The van der Waals surface area contributed by atoms with Gasteiger partial charge in [-0.1, -0.05) is 0 Å². The molecule has 0 fully saturated rings. The van der Waals surface area contributed by atoms with Crippen LogP contribution in [0.3, 0.4) is 0 Å². The number of hydrogen-bond acceptors (Lipinski definition) is 2. The van der Waals surface area contributed by atoms with Crippen LogP contribution in [0.4, 0.5) is 13.2 Å². The third-order valence-electron chi connectivity index (χ3n) is 3.20. The van der Waals surface area contributed by atoms with Crippen LogP contribution in [0.1, 0.15) is 11.1 Å². The summed E-state index contributed by atoms with van der Waals surface area (Å²) >= 11 is 0. The summed E-state index contributed by atoms with van der Waals surface area (Å²) in [5.74, 6) is -2.21. The Morgan fingerprint density at radius 1 is 1.14 bits per heavy atom. The second-order valence-corrected chi connectivity index (χ2v) is 4.61. The van der Waals surface area contributed by atoms with Gasteiger partial charge in [0.15, 0.2) is 0 Å². The minimum absolute atomic E-state index is 0.00925. The van der Waals surface area contributed by atoms with E-state index < -0.39 is 17.6 Å². The van der Waals surface area contributed by atoms with E-state index in [1.165, 1.54) is 22.9 Å². The van der Waals surface area contributed by atoms with Gasteiger partial charge in [0.05, 0.1) is 11.1 Å². The molecule has 2 heterocycles. The Morgan fingerprint density at radius 2 is 1.90 bits per heavy atom. The lowest BCUT2D eigenvalue weighted by atomic mass is 10.1. The van der Waals surface area contributed by atoms with Crippen LogP contribution < -0.4 is 0 Å². The maximum Gasteiger partial charge on any atom is 0.217 e. The van der Waals surface area contributed by atoms with E-state index in [0.29, 0.717) is 22.5 Å². The topological polar surface area (TPSA) is 41.6 Å². The smallest absolute Gasteiger partial charge is 0.217 e. The molecule has 6 heteroatoms. The molecule has 3 aromatic rings. The van der Waals surface area contributed by atoms with Crippen molar-refractivity contribution in [2.45, 2.75) is 6.92 Å². The lowest BCUT2D eigenvalue weighted by molar-refractivity contribution is 0.549. The third kappa shape index (κ3) is 2.13. The van der Waals surface area contributed by atoms with Gasteiger partial charge >= 0.3 is 0 Å². The van der Waals surface area contributed by atoms with Crippen LogP contribution in [-0.4, -0.2) is 9.55 Å². The fourth-order valence-corrected chi connectivity index (χ4v) is 2.20. The normalized spacial score (nSPS) is 10.8. The molecule has 104 valence electrons. The Morgan fingerprint density at radius 3 is 2.57 bits per heavy atom. The van der Waals surface area contributed by atoms with Crippen LogP contribution >= 0.6 is 0 Å². The molecule has 0 amide bonds. The van der Waals surface area contributed by atoms with Crippen molar-refractivity contribution in [3.8, 4) is 11.9 Å². The summed E-state index contributed by atoms with van der Waals surface area (Å²) in [7, 11) is 0. The Balaban J connectivity index is 2.38. The molecule has 21 heavy (non-hydrogen) atoms. The number of aryl methyl sites for hydroxylation is 1. The van der Waals surface area contributed by atoms with Gasteiger partial charge in [-0.25, -0.2) is 13.8 Å². The maximum atomic E-state index is 13.7. The predicted octanol–water partition coefficient (Wildman–Crippen LogP) is 3.62. The van der Waals surface area contributed by atoms with E-state index >= 15 is 0 Å². The lowest BCUT2D eigenvalue weighted by Gasteiger charge is -2.05. The Hall–Kier alpha value is -2.81. The summed E-state index contributed by atoms with van der Waals surface area (Å²) in [6, 6.07) is 6.38. The van der Waals surface area contributed by atoms with Crippen molar-refractivity contribution in [2.75, 3.05) is 0 Å². The number of nitrogens with zero attached hydrogens (tertiary/aromatic N) is 3. The highest BCUT2D eigenvalue weighted by atomic mass is 19.1. The quantitative estimate of drug-likeness (QED) is 0.641. The molecule has 0 saturated heterocycles. The number of pyridine rings is 1. The molecule has 0 saturated carbocycles. The fraction of sp³-hybridized carbons (Fsp3) is 0.0667. The number of nitriles is 1. The molecule has 3 rings (SSSR count). The van der Waals surface area contributed by atoms with Crippen molar-refractivity contribution in [1.29, 1.82) is 5.26 Å². The first kappa shape index (κ1) is 13.2. The van der Waals surface area contributed by atoms with E-state index in [1.807, 2.05) is 6.07 Å². The molecule has 0 unspecified atom stereocenters. The van der Waals surface area contributed by atoms with Gasteiger partial charge < -0.3 is 0 Å². The Kier molecular flexibility index (Phi) is 2.91. The molecule has 0 aliphatic heterocycles. The molecule has 0 radical (unpaired) electrons. The van der Waals surface area contributed by atoms with E-state index in [1.54, 1.807) is 6.92 Å². The lowest BCUT2D eigenvalue weighted by Crippen LogP contribution is -1.99. The molecule has 3 nitrogen and oxygen atoms in total. The van der Waals surface area contributed by atoms with Crippen LogP contribution in [0.15, 0.2) is 30.5 Å². The molecule has 2 aromatic heterocycles. The molecule has 0 bridgehead atoms. The largest absolute Gasteiger partial charge is 0.300 e. The molecule has 0 aliphatic carbocycles. The highest BCUT2D eigenvalue weighted by Gasteiger charge is 2.14. The number of rotatable bonds is 1. The first-order valence-electron chi connectivity index (χ1n) is 6.04. The Bertz CT molecular complexity index is 886. The van der Waals surface area contributed by atoms with E-state index in [9.17, 15) is 13.2 Å². The van der Waals surface area contributed by atoms with Gasteiger partial charge in [0, 0.05) is 23.7 Å².